The number of carbonyl (C=O) groups is 2. The highest BCUT2D eigenvalue weighted by Gasteiger charge is 2.33. The van der Waals surface area contributed by atoms with Gasteiger partial charge in [-0.05, 0) is 60.2 Å². The Labute approximate surface area is 243 Å². The second-order valence-electron chi connectivity index (χ2n) is 10.5. The summed E-state index contributed by atoms with van der Waals surface area (Å²) in [6.07, 6.45) is 1.33. The lowest BCUT2D eigenvalue weighted by molar-refractivity contribution is -0.140. The first-order valence-electron chi connectivity index (χ1n) is 13.3. The molecule has 0 aromatic heterocycles. The van der Waals surface area contributed by atoms with Crippen LogP contribution in [0.3, 0.4) is 0 Å². The number of benzene rings is 3. The Kier molecular flexibility index (Phi) is 10.8. The highest BCUT2D eigenvalue weighted by Crippen LogP contribution is 2.24. The summed E-state index contributed by atoms with van der Waals surface area (Å²) in [4.78, 5) is 29.2. The van der Waals surface area contributed by atoms with Crippen LogP contribution in [0.15, 0.2) is 72.8 Å². The minimum atomic E-state index is -3.82. The largest absolute Gasteiger partial charge is 0.354 e. The van der Waals surface area contributed by atoms with Crippen molar-refractivity contribution in [3.05, 3.63) is 100 Å². The Hall–Kier alpha value is -3.36. The Balaban J connectivity index is 2.07. The molecule has 0 saturated heterocycles. The van der Waals surface area contributed by atoms with Crippen molar-refractivity contribution in [3.63, 3.8) is 0 Å². The zero-order valence-corrected chi connectivity index (χ0v) is 25.3. The van der Waals surface area contributed by atoms with Crippen LogP contribution in [0.2, 0.25) is 5.02 Å². The van der Waals surface area contributed by atoms with Gasteiger partial charge < -0.3 is 10.2 Å². The van der Waals surface area contributed by atoms with Crippen LogP contribution in [0.1, 0.15) is 36.1 Å². The van der Waals surface area contributed by atoms with E-state index in [-0.39, 0.29) is 24.8 Å². The molecule has 214 valence electrons. The fourth-order valence-electron chi connectivity index (χ4n) is 4.28. The van der Waals surface area contributed by atoms with E-state index in [1.54, 1.807) is 30.3 Å². The normalized spacial score (nSPS) is 12.2. The zero-order valence-electron chi connectivity index (χ0n) is 23.7. The van der Waals surface area contributed by atoms with Crippen LogP contribution in [0.5, 0.6) is 0 Å². The molecular weight excluding hydrogens is 546 g/mol. The molecule has 0 aliphatic carbocycles. The molecule has 0 radical (unpaired) electrons. The number of anilines is 1. The molecule has 0 bridgehead atoms. The molecule has 0 heterocycles. The highest BCUT2D eigenvalue weighted by molar-refractivity contribution is 7.92. The number of nitrogens with one attached hydrogen (secondary N) is 1. The fraction of sp³-hybridized carbons (Fsp3) is 0.355. The number of carbonyl (C=O) groups excluding carboxylic acids is 2. The fourth-order valence-corrected chi connectivity index (χ4v) is 5.32. The van der Waals surface area contributed by atoms with Crippen LogP contribution in [-0.4, -0.2) is 50.5 Å². The second kappa shape index (κ2) is 13.8. The third-order valence-electron chi connectivity index (χ3n) is 6.71. The van der Waals surface area contributed by atoms with Gasteiger partial charge in [-0.1, -0.05) is 80.0 Å². The SMILES string of the molecule is Cc1ccc(N(CC(=O)N(Cc2ccccc2Cl)[C@H](Cc2ccccc2)C(=O)NCC(C)C)S(C)(=O)=O)cc1C. The first-order valence-corrected chi connectivity index (χ1v) is 15.5. The van der Waals surface area contributed by atoms with E-state index in [2.05, 4.69) is 5.32 Å². The molecule has 0 aliphatic heterocycles. The van der Waals surface area contributed by atoms with Crippen LogP contribution >= 0.6 is 11.6 Å². The lowest BCUT2D eigenvalue weighted by Gasteiger charge is -2.34. The monoisotopic (exact) mass is 583 g/mol. The summed E-state index contributed by atoms with van der Waals surface area (Å²) in [6, 6.07) is 20.9. The molecule has 40 heavy (non-hydrogen) atoms. The third kappa shape index (κ3) is 8.57. The molecule has 1 atom stereocenters. The van der Waals surface area contributed by atoms with Crippen molar-refractivity contribution in [2.75, 3.05) is 23.7 Å². The Morgan fingerprint density at radius 1 is 0.925 bits per heavy atom. The summed E-state index contributed by atoms with van der Waals surface area (Å²) >= 11 is 6.48. The molecule has 3 rings (SSSR count). The zero-order chi connectivity index (χ0) is 29.4. The molecule has 3 aromatic carbocycles. The number of halogens is 1. The number of rotatable bonds is 12. The van der Waals surface area contributed by atoms with Gasteiger partial charge >= 0.3 is 0 Å². The predicted octanol–water partition coefficient (Wildman–Crippen LogP) is 5.14. The van der Waals surface area contributed by atoms with Gasteiger partial charge in [0.1, 0.15) is 12.6 Å². The van der Waals surface area contributed by atoms with E-state index in [1.165, 1.54) is 4.90 Å². The van der Waals surface area contributed by atoms with Gasteiger partial charge in [0, 0.05) is 24.5 Å². The van der Waals surface area contributed by atoms with Gasteiger partial charge in [0.05, 0.1) is 11.9 Å². The first-order chi connectivity index (χ1) is 18.9. The van der Waals surface area contributed by atoms with Crippen molar-refractivity contribution in [2.45, 2.75) is 46.7 Å². The topological polar surface area (TPSA) is 86.8 Å². The minimum Gasteiger partial charge on any atom is -0.354 e. The Morgan fingerprint density at radius 2 is 1.57 bits per heavy atom. The predicted molar refractivity (Wildman–Crippen MR) is 162 cm³/mol. The maximum atomic E-state index is 14.1. The number of hydrogen-bond acceptors (Lipinski definition) is 4. The number of sulfonamides is 1. The summed E-state index contributed by atoms with van der Waals surface area (Å²) in [6.45, 7) is 7.82. The van der Waals surface area contributed by atoms with Crippen LogP contribution in [-0.2, 0) is 32.6 Å². The van der Waals surface area contributed by atoms with Crippen LogP contribution < -0.4 is 9.62 Å². The lowest BCUT2D eigenvalue weighted by atomic mass is 10.0. The quantitative estimate of drug-likeness (QED) is 0.320. The van der Waals surface area contributed by atoms with Gasteiger partial charge in [0.25, 0.3) is 0 Å². The summed E-state index contributed by atoms with van der Waals surface area (Å²) in [5.41, 5.74) is 3.83. The maximum Gasteiger partial charge on any atom is 0.244 e. The van der Waals surface area contributed by atoms with Crippen molar-refractivity contribution in [3.8, 4) is 0 Å². The number of hydrogen-bond donors (Lipinski definition) is 1. The molecule has 0 aliphatic rings. The van der Waals surface area contributed by atoms with Crippen molar-refractivity contribution < 1.29 is 18.0 Å². The van der Waals surface area contributed by atoms with E-state index in [4.69, 9.17) is 11.6 Å². The van der Waals surface area contributed by atoms with Gasteiger partial charge in [0.15, 0.2) is 0 Å². The molecule has 0 saturated carbocycles. The van der Waals surface area contributed by atoms with E-state index in [9.17, 15) is 18.0 Å². The van der Waals surface area contributed by atoms with E-state index < -0.39 is 28.5 Å². The Morgan fingerprint density at radius 3 is 2.17 bits per heavy atom. The molecule has 2 amide bonds. The van der Waals surface area contributed by atoms with Gasteiger partial charge in [-0.2, -0.15) is 0 Å². The van der Waals surface area contributed by atoms with E-state index >= 15 is 0 Å². The Bertz CT molecular complexity index is 1430. The van der Waals surface area contributed by atoms with Gasteiger partial charge in [-0.25, -0.2) is 8.42 Å². The molecular formula is C31H38ClN3O4S. The minimum absolute atomic E-state index is 0.0373. The average molecular weight is 584 g/mol. The van der Waals surface area contributed by atoms with Crippen LogP contribution in [0.25, 0.3) is 0 Å². The number of amides is 2. The second-order valence-corrected chi connectivity index (χ2v) is 12.8. The smallest absolute Gasteiger partial charge is 0.244 e. The van der Waals surface area contributed by atoms with Crippen LogP contribution in [0.4, 0.5) is 5.69 Å². The summed E-state index contributed by atoms with van der Waals surface area (Å²) in [5, 5.41) is 3.42. The lowest BCUT2D eigenvalue weighted by Crippen LogP contribution is -2.53. The molecule has 1 N–H and O–H groups in total. The summed E-state index contributed by atoms with van der Waals surface area (Å²) in [7, 11) is -3.82. The van der Waals surface area contributed by atoms with Gasteiger partial charge in [-0.15, -0.1) is 0 Å². The van der Waals surface area contributed by atoms with Crippen molar-refractivity contribution in [2.24, 2.45) is 5.92 Å². The van der Waals surface area contributed by atoms with Crippen molar-refractivity contribution in [1.82, 2.24) is 10.2 Å². The number of aryl methyl sites for hydroxylation is 2. The first kappa shape index (κ1) is 31.2. The molecule has 3 aromatic rings. The van der Waals surface area contributed by atoms with E-state index in [1.807, 2.05) is 70.2 Å². The maximum absolute atomic E-state index is 14.1. The summed E-state index contributed by atoms with van der Waals surface area (Å²) < 4.78 is 26.9. The molecule has 7 nitrogen and oxygen atoms in total. The van der Waals surface area contributed by atoms with E-state index in [0.717, 1.165) is 27.3 Å². The highest BCUT2D eigenvalue weighted by atomic mass is 35.5. The summed E-state index contributed by atoms with van der Waals surface area (Å²) in [5.74, 6) is -0.612. The van der Waals surface area contributed by atoms with Gasteiger partial charge in [-0.3, -0.25) is 13.9 Å². The molecule has 0 fully saturated rings. The molecule has 0 spiro atoms. The molecule has 0 unspecified atom stereocenters. The standard InChI is InChI=1S/C31H38ClN3O4S/c1-22(2)19-33-31(37)29(18-25-11-7-6-8-12-25)34(20-26-13-9-10-14-28(26)32)30(36)21-35(40(5,38)39)27-16-15-23(3)24(4)17-27/h6-17,22,29H,18-21H2,1-5H3,(H,33,37)/t29-/m1/s1. The molecule has 9 heteroatoms. The third-order valence-corrected chi connectivity index (χ3v) is 8.22. The van der Waals surface area contributed by atoms with Crippen molar-refractivity contribution in [1.29, 1.82) is 0 Å². The average Bonchev–Trinajstić information content (AvgIpc) is 2.90. The van der Waals surface area contributed by atoms with Crippen LogP contribution in [0, 0.1) is 19.8 Å². The number of nitrogens with zero attached hydrogens (tertiary/aromatic N) is 2. The van der Waals surface area contributed by atoms with Crippen molar-refractivity contribution >= 4 is 39.1 Å². The van der Waals surface area contributed by atoms with Gasteiger partial charge in [0.2, 0.25) is 21.8 Å². The van der Waals surface area contributed by atoms with E-state index in [0.29, 0.717) is 22.8 Å².